The smallest absolute Gasteiger partial charge is 0.406 e. The van der Waals surface area contributed by atoms with Gasteiger partial charge in [0.25, 0.3) is 11.8 Å². The Labute approximate surface area is 173 Å². The predicted octanol–water partition coefficient (Wildman–Crippen LogP) is 2.80. The number of ether oxygens (including phenoxy) is 1. The van der Waals surface area contributed by atoms with Gasteiger partial charge in [-0.15, -0.1) is 13.2 Å². The van der Waals surface area contributed by atoms with Crippen LogP contribution in [0.2, 0.25) is 0 Å². The second-order valence-corrected chi connectivity index (χ2v) is 7.22. The molecule has 162 valence electrons. The summed E-state index contributed by atoms with van der Waals surface area (Å²) in [6.07, 6.45) is -4.77. The minimum atomic E-state index is -4.77. The molecular formula is C21H25F3N3O3+. The third kappa shape index (κ3) is 7.75. The molecule has 0 radical (unpaired) electrons. The average molecular weight is 424 g/mol. The lowest BCUT2D eigenvalue weighted by Crippen LogP contribution is -3.11. The van der Waals surface area contributed by atoms with Gasteiger partial charge in [0, 0.05) is 11.4 Å². The molecule has 0 saturated heterocycles. The fourth-order valence-electron chi connectivity index (χ4n) is 2.86. The normalized spacial score (nSPS) is 12.4. The van der Waals surface area contributed by atoms with Crippen molar-refractivity contribution in [2.24, 2.45) is 0 Å². The van der Waals surface area contributed by atoms with Crippen LogP contribution in [-0.4, -0.2) is 38.3 Å². The Balaban J connectivity index is 1.84. The van der Waals surface area contributed by atoms with Gasteiger partial charge in [-0.25, -0.2) is 0 Å². The van der Waals surface area contributed by atoms with Crippen molar-refractivity contribution >= 4 is 23.2 Å². The number of halogens is 3. The second-order valence-electron chi connectivity index (χ2n) is 7.22. The van der Waals surface area contributed by atoms with Crippen LogP contribution in [0.4, 0.5) is 24.5 Å². The fourth-order valence-corrected chi connectivity index (χ4v) is 2.86. The van der Waals surface area contributed by atoms with Crippen LogP contribution >= 0.6 is 0 Å². The van der Waals surface area contributed by atoms with Crippen molar-refractivity contribution in [2.45, 2.75) is 26.1 Å². The van der Waals surface area contributed by atoms with E-state index in [9.17, 15) is 22.8 Å². The van der Waals surface area contributed by atoms with E-state index in [4.69, 9.17) is 0 Å². The number of carbonyl (C=O) groups is 2. The molecule has 0 aromatic heterocycles. The number of hydrogen-bond donors (Lipinski definition) is 3. The first kappa shape index (κ1) is 23.2. The number of likely N-dealkylation sites (N-methyl/N-ethyl adjacent to an activating group) is 1. The second kappa shape index (κ2) is 10.1. The van der Waals surface area contributed by atoms with Crippen molar-refractivity contribution in [1.29, 1.82) is 0 Å². The van der Waals surface area contributed by atoms with Gasteiger partial charge in [-0.2, -0.15) is 0 Å². The molecule has 9 heteroatoms. The van der Waals surface area contributed by atoms with Crippen molar-refractivity contribution in [2.75, 3.05) is 30.8 Å². The number of para-hydroxylation sites is 1. The molecule has 2 rings (SSSR count). The summed E-state index contributed by atoms with van der Waals surface area (Å²) in [5.74, 6) is -0.707. The van der Waals surface area contributed by atoms with E-state index in [1.165, 1.54) is 12.1 Å². The Morgan fingerprint density at radius 3 is 2.10 bits per heavy atom. The Morgan fingerprint density at radius 2 is 1.53 bits per heavy atom. The summed E-state index contributed by atoms with van der Waals surface area (Å²) in [6, 6.07) is 12.4. The molecule has 0 spiro atoms. The van der Waals surface area contributed by atoms with Crippen LogP contribution in [0.15, 0.2) is 48.5 Å². The number of quaternary nitrogens is 1. The Kier molecular flexibility index (Phi) is 7.82. The third-order valence-corrected chi connectivity index (χ3v) is 4.15. The topological polar surface area (TPSA) is 71.9 Å². The van der Waals surface area contributed by atoms with Gasteiger partial charge in [0.15, 0.2) is 13.1 Å². The highest BCUT2D eigenvalue weighted by molar-refractivity contribution is 5.93. The van der Waals surface area contributed by atoms with Crippen molar-refractivity contribution in [3.05, 3.63) is 54.1 Å². The molecule has 2 aromatic rings. The van der Waals surface area contributed by atoms with Crippen LogP contribution in [0, 0.1) is 0 Å². The molecule has 2 amide bonds. The molecule has 0 bridgehead atoms. The number of hydrogen-bond acceptors (Lipinski definition) is 3. The maximum atomic E-state index is 12.3. The Morgan fingerprint density at radius 1 is 0.967 bits per heavy atom. The SMILES string of the molecule is CC(C)c1ccccc1NC(=O)C[NH+](C)CC(=O)Nc1ccc(OC(F)(F)F)cc1. The average Bonchev–Trinajstić information content (AvgIpc) is 2.62. The Bertz CT molecular complexity index is 868. The summed E-state index contributed by atoms with van der Waals surface area (Å²) < 4.78 is 40.3. The molecule has 1 unspecified atom stereocenters. The highest BCUT2D eigenvalue weighted by Crippen LogP contribution is 2.24. The Hall–Kier alpha value is -3.07. The van der Waals surface area contributed by atoms with Crippen molar-refractivity contribution in [3.8, 4) is 5.75 Å². The summed E-state index contributed by atoms with van der Waals surface area (Å²) in [5.41, 5.74) is 2.10. The highest BCUT2D eigenvalue weighted by atomic mass is 19.4. The molecule has 0 aliphatic rings. The molecule has 0 saturated carbocycles. The van der Waals surface area contributed by atoms with Crippen LogP contribution < -0.4 is 20.3 Å². The fraction of sp³-hybridized carbons (Fsp3) is 0.333. The maximum absolute atomic E-state index is 12.3. The standard InChI is InChI=1S/C21H24F3N3O3/c1-14(2)17-6-4-5-7-18(17)26-20(29)13-27(3)12-19(28)25-15-8-10-16(11-9-15)30-21(22,23)24/h4-11,14H,12-13H2,1-3H3,(H,25,28)(H,26,29)/p+1. The van der Waals surface area contributed by atoms with Crippen molar-refractivity contribution in [1.82, 2.24) is 0 Å². The molecule has 0 aliphatic carbocycles. The molecule has 3 N–H and O–H groups in total. The van der Waals surface area contributed by atoms with Gasteiger partial charge in [-0.1, -0.05) is 32.0 Å². The number of alkyl halides is 3. The van der Waals surface area contributed by atoms with Crippen LogP contribution in [0.25, 0.3) is 0 Å². The first-order valence-corrected chi connectivity index (χ1v) is 9.39. The molecule has 0 fully saturated rings. The predicted molar refractivity (Wildman–Crippen MR) is 108 cm³/mol. The summed E-state index contributed by atoms with van der Waals surface area (Å²) in [5, 5.41) is 5.45. The minimum Gasteiger partial charge on any atom is -0.406 e. The molecule has 0 heterocycles. The van der Waals surface area contributed by atoms with Gasteiger partial charge in [0.2, 0.25) is 0 Å². The van der Waals surface area contributed by atoms with Crippen molar-refractivity contribution < 1.29 is 32.4 Å². The van der Waals surface area contributed by atoms with Gasteiger partial charge in [-0.3, -0.25) is 9.59 Å². The van der Waals surface area contributed by atoms with Crippen molar-refractivity contribution in [3.63, 3.8) is 0 Å². The van der Waals surface area contributed by atoms with E-state index in [1.54, 1.807) is 7.05 Å². The molecule has 2 aromatic carbocycles. The van der Waals surface area contributed by atoms with Gasteiger partial charge >= 0.3 is 6.36 Å². The summed E-state index contributed by atoms with van der Waals surface area (Å²) >= 11 is 0. The summed E-state index contributed by atoms with van der Waals surface area (Å²) in [7, 11) is 1.70. The number of anilines is 2. The molecular weight excluding hydrogens is 399 g/mol. The number of rotatable bonds is 8. The van der Waals surface area contributed by atoms with Gasteiger partial charge < -0.3 is 20.3 Å². The van der Waals surface area contributed by atoms with Crippen LogP contribution in [-0.2, 0) is 9.59 Å². The first-order chi connectivity index (χ1) is 14.0. The maximum Gasteiger partial charge on any atom is 0.573 e. The number of nitrogens with one attached hydrogen (secondary N) is 3. The van der Waals surface area contributed by atoms with Gasteiger partial charge in [0.05, 0.1) is 7.05 Å². The number of benzene rings is 2. The van der Waals surface area contributed by atoms with Crippen LogP contribution in [0.3, 0.4) is 0 Å². The van der Waals surface area contributed by atoms with E-state index < -0.39 is 6.36 Å². The molecule has 30 heavy (non-hydrogen) atoms. The number of carbonyl (C=O) groups excluding carboxylic acids is 2. The van der Waals surface area contributed by atoms with E-state index in [0.29, 0.717) is 10.6 Å². The third-order valence-electron chi connectivity index (χ3n) is 4.15. The van der Waals surface area contributed by atoms with E-state index in [2.05, 4.69) is 15.4 Å². The molecule has 6 nitrogen and oxygen atoms in total. The number of amides is 2. The largest absolute Gasteiger partial charge is 0.573 e. The van der Waals surface area contributed by atoms with E-state index in [-0.39, 0.29) is 36.6 Å². The highest BCUT2D eigenvalue weighted by Gasteiger charge is 2.31. The minimum absolute atomic E-state index is 0.0139. The lowest BCUT2D eigenvalue weighted by molar-refractivity contribution is -0.862. The van der Waals surface area contributed by atoms with E-state index in [1.807, 2.05) is 38.1 Å². The summed E-state index contributed by atoms with van der Waals surface area (Å²) in [4.78, 5) is 25.1. The van der Waals surface area contributed by atoms with Crippen LogP contribution in [0.1, 0.15) is 25.3 Å². The van der Waals surface area contributed by atoms with Crippen LogP contribution in [0.5, 0.6) is 5.75 Å². The monoisotopic (exact) mass is 424 g/mol. The first-order valence-electron chi connectivity index (χ1n) is 9.39. The summed E-state index contributed by atoms with van der Waals surface area (Å²) in [6.45, 7) is 4.17. The lowest BCUT2D eigenvalue weighted by atomic mass is 10.0. The van der Waals surface area contributed by atoms with E-state index in [0.717, 1.165) is 23.4 Å². The zero-order valence-electron chi connectivity index (χ0n) is 17.0. The lowest BCUT2D eigenvalue weighted by Gasteiger charge is -2.16. The molecule has 1 atom stereocenters. The zero-order valence-corrected chi connectivity index (χ0v) is 17.0. The zero-order chi connectivity index (χ0) is 22.3. The van der Waals surface area contributed by atoms with E-state index >= 15 is 0 Å². The van der Waals surface area contributed by atoms with Gasteiger partial charge in [-0.05, 0) is 41.8 Å². The molecule has 0 aliphatic heterocycles. The quantitative estimate of drug-likeness (QED) is 0.610. The van der Waals surface area contributed by atoms with Gasteiger partial charge in [0.1, 0.15) is 5.75 Å².